The Balaban J connectivity index is 1.07. The fourth-order valence-electron chi connectivity index (χ4n) is 7.43. The zero-order valence-corrected chi connectivity index (χ0v) is 29.5. The van der Waals surface area contributed by atoms with Crippen molar-refractivity contribution in [2.45, 2.75) is 0 Å². The first-order valence-electron chi connectivity index (χ1n) is 18.2. The zero-order valence-electron chi connectivity index (χ0n) is 29.5. The molecule has 0 aliphatic heterocycles. The number of aromatic nitrogens is 3. The third-order valence-corrected chi connectivity index (χ3v) is 10.2. The standard InChI is InChI=1S/C50H30N4O/c51-31-40-30-44-46-42(16-9-17-45(46)55-47(44)43-15-8-7-14-41(40)43)36-22-28-39(29-23-36)50-53-48(37-24-18-34(19-25-37)32-10-3-1-4-11-32)52-49(54-50)38-26-20-35(21-27-38)33-12-5-2-6-13-33/h1-30H. The van der Waals surface area contributed by atoms with E-state index in [1.165, 1.54) is 0 Å². The molecule has 0 spiro atoms. The van der Waals surface area contributed by atoms with Crippen LogP contribution in [0.3, 0.4) is 0 Å². The van der Waals surface area contributed by atoms with Crippen LogP contribution < -0.4 is 0 Å². The molecular formula is C50H30N4O. The van der Waals surface area contributed by atoms with Crippen molar-refractivity contribution in [3.63, 3.8) is 0 Å². The molecule has 0 fully saturated rings. The fraction of sp³-hybridized carbons (Fsp3) is 0. The molecule has 10 rings (SSSR count). The number of hydrogen-bond donors (Lipinski definition) is 0. The molecule has 2 heterocycles. The van der Waals surface area contributed by atoms with Crippen LogP contribution in [0.5, 0.6) is 0 Å². The second kappa shape index (κ2) is 13.4. The Morgan fingerprint density at radius 1 is 0.382 bits per heavy atom. The topological polar surface area (TPSA) is 75.6 Å². The van der Waals surface area contributed by atoms with Gasteiger partial charge in [-0.25, -0.2) is 15.0 Å². The van der Waals surface area contributed by atoms with E-state index in [4.69, 9.17) is 19.4 Å². The summed E-state index contributed by atoms with van der Waals surface area (Å²) in [6.07, 6.45) is 0. The van der Waals surface area contributed by atoms with E-state index in [1.54, 1.807) is 0 Å². The number of nitriles is 1. The highest BCUT2D eigenvalue weighted by atomic mass is 16.3. The molecule has 2 aromatic heterocycles. The van der Waals surface area contributed by atoms with Crippen molar-refractivity contribution in [3.05, 3.63) is 188 Å². The summed E-state index contributed by atoms with van der Waals surface area (Å²) in [5, 5.41) is 13.8. The van der Waals surface area contributed by atoms with Crippen LogP contribution in [0.4, 0.5) is 0 Å². The molecule has 55 heavy (non-hydrogen) atoms. The smallest absolute Gasteiger partial charge is 0.164 e. The Morgan fingerprint density at radius 3 is 1.33 bits per heavy atom. The van der Waals surface area contributed by atoms with Gasteiger partial charge in [0.25, 0.3) is 0 Å². The molecule has 0 unspecified atom stereocenters. The minimum absolute atomic E-state index is 0.586. The minimum Gasteiger partial charge on any atom is -0.455 e. The summed E-state index contributed by atoms with van der Waals surface area (Å²) in [6.45, 7) is 0. The Labute approximate surface area is 317 Å². The second-order valence-corrected chi connectivity index (χ2v) is 13.5. The average Bonchev–Trinajstić information content (AvgIpc) is 3.66. The second-order valence-electron chi connectivity index (χ2n) is 13.5. The minimum atomic E-state index is 0.586. The van der Waals surface area contributed by atoms with Gasteiger partial charge in [0, 0.05) is 38.2 Å². The van der Waals surface area contributed by atoms with E-state index >= 15 is 0 Å². The lowest BCUT2D eigenvalue weighted by Crippen LogP contribution is -2.00. The van der Waals surface area contributed by atoms with Crippen LogP contribution in [0.15, 0.2) is 186 Å². The normalized spacial score (nSPS) is 11.3. The lowest BCUT2D eigenvalue weighted by Gasteiger charge is -2.10. The summed E-state index contributed by atoms with van der Waals surface area (Å²) >= 11 is 0. The summed E-state index contributed by atoms with van der Waals surface area (Å²) in [5.74, 6) is 1.79. The van der Waals surface area contributed by atoms with Crippen molar-refractivity contribution in [1.82, 2.24) is 15.0 Å². The van der Waals surface area contributed by atoms with Crippen molar-refractivity contribution in [3.8, 4) is 73.6 Å². The largest absolute Gasteiger partial charge is 0.455 e. The monoisotopic (exact) mass is 702 g/mol. The quantitative estimate of drug-likeness (QED) is 0.172. The average molecular weight is 703 g/mol. The molecule has 256 valence electrons. The molecule has 5 heteroatoms. The van der Waals surface area contributed by atoms with Gasteiger partial charge in [-0.2, -0.15) is 5.26 Å². The van der Waals surface area contributed by atoms with Crippen LogP contribution in [0.25, 0.3) is 100 Å². The molecule has 0 saturated carbocycles. The van der Waals surface area contributed by atoms with Crippen molar-refractivity contribution >= 4 is 32.7 Å². The van der Waals surface area contributed by atoms with E-state index in [2.05, 4.69) is 109 Å². The van der Waals surface area contributed by atoms with Crippen molar-refractivity contribution in [2.24, 2.45) is 0 Å². The maximum atomic E-state index is 10.0. The summed E-state index contributed by atoms with van der Waals surface area (Å²) < 4.78 is 6.46. The predicted molar refractivity (Wildman–Crippen MR) is 222 cm³/mol. The first-order valence-corrected chi connectivity index (χ1v) is 18.2. The summed E-state index contributed by atoms with van der Waals surface area (Å²) in [4.78, 5) is 15.1. The lowest BCUT2D eigenvalue weighted by molar-refractivity contribution is 0.672. The number of fused-ring (bicyclic) bond motifs is 5. The molecule has 0 bridgehead atoms. The molecule has 8 aromatic carbocycles. The molecule has 0 aliphatic rings. The van der Waals surface area contributed by atoms with Gasteiger partial charge in [0.05, 0.1) is 11.6 Å². The first kappa shape index (κ1) is 32.0. The van der Waals surface area contributed by atoms with Crippen LogP contribution in [-0.2, 0) is 0 Å². The van der Waals surface area contributed by atoms with Gasteiger partial charge in [-0.05, 0) is 45.5 Å². The predicted octanol–water partition coefficient (Wildman–Crippen LogP) is 12.8. The highest BCUT2D eigenvalue weighted by Gasteiger charge is 2.18. The van der Waals surface area contributed by atoms with Gasteiger partial charge in [0.1, 0.15) is 11.2 Å². The highest BCUT2D eigenvalue weighted by Crippen LogP contribution is 2.41. The maximum Gasteiger partial charge on any atom is 0.164 e. The molecule has 0 N–H and O–H groups in total. The third kappa shape index (κ3) is 5.79. The fourth-order valence-corrected chi connectivity index (χ4v) is 7.43. The van der Waals surface area contributed by atoms with Crippen molar-refractivity contribution in [1.29, 1.82) is 5.26 Å². The van der Waals surface area contributed by atoms with E-state index in [0.29, 0.717) is 23.0 Å². The van der Waals surface area contributed by atoms with Gasteiger partial charge in [-0.15, -0.1) is 0 Å². The molecule has 10 aromatic rings. The Hall–Kier alpha value is -7.68. The maximum absolute atomic E-state index is 10.0. The number of benzene rings is 8. The van der Waals surface area contributed by atoms with E-state index in [0.717, 1.165) is 82.8 Å². The van der Waals surface area contributed by atoms with Crippen molar-refractivity contribution < 1.29 is 4.42 Å². The summed E-state index contributed by atoms with van der Waals surface area (Å²) in [6, 6.07) is 64.1. The number of rotatable bonds is 6. The Bertz CT molecular complexity index is 2950. The van der Waals surface area contributed by atoms with E-state index in [-0.39, 0.29) is 0 Å². The van der Waals surface area contributed by atoms with Crippen LogP contribution in [-0.4, -0.2) is 15.0 Å². The number of furan rings is 1. The summed E-state index contributed by atoms with van der Waals surface area (Å²) in [7, 11) is 0. The summed E-state index contributed by atoms with van der Waals surface area (Å²) in [5.41, 5.74) is 11.5. The van der Waals surface area contributed by atoms with Gasteiger partial charge in [0.2, 0.25) is 0 Å². The molecule has 0 aliphatic carbocycles. The van der Waals surface area contributed by atoms with Crippen LogP contribution in [0.2, 0.25) is 0 Å². The van der Waals surface area contributed by atoms with Crippen LogP contribution in [0.1, 0.15) is 5.56 Å². The van der Waals surface area contributed by atoms with Gasteiger partial charge < -0.3 is 4.42 Å². The van der Waals surface area contributed by atoms with Gasteiger partial charge in [0.15, 0.2) is 17.5 Å². The van der Waals surface area contributed by atoms with E-state index in [9.17, 15) is 5.26 Å². The van der Waals surface area contributed by atoms with Crippen LogP contribution >= 0.6 is 0 Å². The van der Waals surface area contributed by atoms with E-state index < -0.39 is 0 Å². The van der Waals surface area contributed by atoms with Crippen molar-refractivity contribution in [2.75, 3.05) is 0 Å². The number of nitrogens with zero attached hydrogens (tertiary/aromatic N) is 4. The van der Waals surface area contributed by atoms with Gasteiger partial charge in [-0.3, -0.25) is 0 Å². The van der Waals surface area contributed by atoms with Gasteiger partial charge in [-0.1, -0.05) is 170 Å². The molecular weight excluding hydrogens is 673 g/mol. The zero-order chi connectivity index (χ0) is 36.7. The number of hydrogen-bond acceptors (Lipinski definition) is 5. The third-order valence-electron chi connectivity index (χ3n) is 10.2. The Morgan fingerprint density at radius 2 is 0.818 bits per heavy atom. The first-order chi connectivity index (χ1) is 27.2. The Kier molecular flexibility index (Phi) is 7.79. The van der Waals surface area contributed by atoms with Gasteiger partial charge >= 0.3 is 0 Å². The molecule has 0 radical (unpaired) electrons. The molecule has 0 amide bonds. The SMILES string of the molecule is N#Cc1cc2c(oc3cccc(-c4ccc(-c5nc(-c6ccc(-c7ccccc7)cc6)nc(-c6ccc(-c7ccccc7)cc6)n5)cc4)c32)c2ccccc12. The van der Waals surface area contributed by atoms with Crippen LogP contribution in [0, 0.1) is 11.3 Å². The lowest BCUT2D eigenvalue weighted by atomic mass is 9.96. The molecule has 0 atom stereocenters. The molecule has 0 saturated heterocycles. The van der Waals surface area contributed by atoms with E-state index in [1.807, 2.05) is 78.9 Å². The highest BCUT2D eigenvalue weighted by molar-refractivity contribution is 6.20. The molecule has 5 nitrogen and oxygen atoms in total.